The molecule has 12 nitrogen and oxygen atoms in total. The molecule has 12 heteroatoms. The van der Waals surface area contributed by atoms with Crippen LogP contribution < -0.4 is 16.1 Å². The highest BCUT2D eigenvalue weighted by Crippen LogP contribution is 2.23. The minimum Gasteiger partial charge on any atom is -0.454 e. The summed E-state index contributed by atoms with van der Waals surface area (Å²) in [7, 11) is 0. The SMILES string of the molecule is CC(C)CC(=O)NCCC(=O)N1NCCC[C@H]1C(=O)N[C@H](C(=O)COC(=O)/C=C(/c1ccccc1)n1cnc2ccccc21)C(C)C. The molecule has 250 valence electrons. The van der Waals surface area contributed by atoms with Crippen LogP contribution >= 0.6 is 0 Å². The number of fused-ring (bicyclic) bond motifs is 1. The number of imidazole rings is 1. The molecule has 0 aliphatic carbocycles. The molecule has 0 radical (unpaired) electrons. The van der Waals surface area contributed by atoms with Gasteiger partial charge in [-0.2, -0.15) is 0 Å². The van der Waals surface area contributed by atoms with Crippen molar-refractivity contribution in [2.45, 2.75) is 65.5 Å². The van der Waals surface area contributed by atoms with E-state index in [-0.39, 0.29) is 36.6 Å². The van der Waals surface area contributed by atoms with E-state index in [0.717, 1.165) is 16.6 Å². The number of esters is 1. The number of nitrogens with zero attached hydrogens (tertiary/aromatic N) is 3. The average molecular weight is 645 g/mol. The van der Waals surface area contributed by atoms with Gasteiger partial charge in [0.05, 0.1) is 22.8 Å². The highest BCUT2D eigenvalue weighted by molar-refractivity contribution is 5.97. The van der Waals surface area contributed by atoms with Gasteiger partial charge in [0.15, 0.2) is 12.4 Å². The number of hydrazine groups is 1. The number of rotatable bonds is 14. The Morgan fingerprint density at radius 1 is 1.02 bits per heavy atom. The second kappa shape index (κ2) is 16.6. The molecular formula is C35H44N6O6. The van der Waals surface area contributed by atoms with E-state index in [1.165, 1.54) is 11.1 Å². The fourth-order valence-electron chi connectivity index (χ4n) is 5.42. The van der Waals surface area contributed by atoms with E-state index in [1.807, 2.05) is 68.4 Å². The van der Waals surface area contributed by atoms with Gasteiger partial charge >= 0.3 is 5.97 Å². The summed E-state index contributed by atoms with van der Waals surface area (Å²) in [6, 6.07) is 15.1. The summed E-state index contributed by atoms with van der Waals surface area (Å²) in [5, 5.41) is 6.83. The number of carbonyl (C=O) groups excluding carboxylic acids is 5. The maximum absolute atomic E-state index is 13.4. The predicted octanol–water partition coefficient (Wildman–Crippen LogP) is 3.23. The van der Waals surface area contributed by atoms with Crippen molar-refractivity contribution in [3.63, 3.8) is 0 Å². The normalized spacial score (nSPS) is 15.8. The minimum absolute atomic E-state index is 0.0243. The number of ether oxygens (including phenoxy) is 1. The van der Waals surface area contributed by atoms with Crippen molar-refractivity contribution in [2.75, 3.05) is 19.7 Å². The van der Waals surface area contributed by atoms with Crippen LogP contribution in [0.4, 0.5) is 0 Å². The molecule has 2 aromatic carbocycles. The number of hydrogen-bond acceptors (Lipinski definition) is 8. The molecule has 0 bridgehead atoms. The highest BCUT2D eigenvalue weighted by Gasteiger charge is 2.35. The maximum Gasteiger partial charge on any atom is 0.333 e. The molecule has 1 saturated heterocycles. The van der Waals surface area contributed by atoms with Crippen molar-refractivity contribution < 1.29 is 28.7 Å². The molecule has 1 aliphatic heterocycles. The van der Waals surface area contributed by atoms with E-state index >= 15 is 0 Å². The standard InChI is InChI=1S/C35H44N6O6/c1-23(2)19-31(43)36-18-16-32(44)41-28(15-10-17-38-41)35(46)39-34(24(3)4)30(42)21-47-33(45)20-29(25-11-6-5-7-12-25)40-22-37-26-13-8-9-14-27(26)40/h5-9,11-14,20,22-24,28,34,38H,10,15-19,21H2,1-4H3,(H,36,43)(H,39,46)/b29-20-/t28-,34-/m0/s1. The van der Waals surface area contributed by atoms with Crippen LogP contribution in [-0.2, 0) is 28.7 Å². The number of hydrogen-bond donors (Lipinski definition) is 3. The average Bonchev–Trinajstić information content (AvgIpc) is 3.48. The van der Waals surface area contributed by atoms with E-state index in [1.54, 1.807) is 24.7 Å². The second-order valence-corrected chi connectivity index (χ2v) is 12.3. The highest BCUT2D eigenvalue weighted by atomic mass is 16.5. The van der Waals surface area contributed by atoms with Gasteiger partial charge < -0.3 is 15.4 Å². The van der Waals surface area contributed by atoms with E-state index in [4.69, 9.17) is 4.74 Å². The predicted molar refractivity (Wildman–Crippen MR) is 177 cm³/mol. The molecule has 1 fully saturated rings. The first-order chi connectivity index (χ1) is 22.5. The summed E-state index contributed by atoms with van der Waals surface area (Å²) in [6.45, 7) is 7.57. The topological polar surface area (TPSA) is 152 Å². The van der Waals surface area contributed by atoms with Crippen LogP contribution in [0.25, 0.3) is 16.7 Å². The summed E-state index contributed by atoms with van der Waals surface area (Å²) in [5.74, 6) is -2.25. The summed E-state index contributed by atoms with van der Waals surface area (Å²) >= 11 is 0. The Labute approximate surface area is 274 Å². The van der Waals surface area contributed by atoms with Gasteiger partial charge in [0, 0.05) is 32.0 Å². The molecule has 3 amide bonds. The van der Waals surface area contributed by atoms with Gasteiger partial charge in [-0.3, -0.25) is 28.8 Å². The molecule has 1 aliphatic rings. The van der Waals surface area contributed by atoms with Gasteiger partial charge in [0.2, 0.25) is 17.7 Å². The Bertz CT molecular complexity index is 1600. The lowest BCUT2D eigenvalue weighted by Gasteiger charge is -2.36. The zero-order valence-electron chi connectivity index (χ0n) is 27.4. The Kier molecular flexibility index (Phi) is 12.4. The third-order valence-electron chi connectivity index (χ3n) is 7.78. The van der Waals surface area contributed by atoms with Gasteiger partial charge in [0.1, 0.15) is 12.4 Å². The van der Waals surface area contributed by atoms with E-state index in [2.05, 4.69) is 21.0 Å². The third-order valence-corrected chi connectivity index (χ3v) is 7.78. The number of para-hydroxylation sites is 2. The van der Waals surface area contributed by atoms with E-state index in [0.29, 0.717) is 31.5 Å². The van der Waals surface area contributed by atoms with Gasteiger partial charge in [0.25, 0.3) is 0 Å². The van der Waals surface area contributed by atoms with Crippen LogP contribution in [-0.4, -0.2) is 75.8 Å². The molecule has 1 aromatic heterocycles. The molecule has 2 atom stereocenters. The summed E-state index contributed by atoms with van der Waals surface area (Å²) in [4.78, 5) is 69.2. The Morgan fingerprint density at radius 2 is 1.74 bits per heavy atom. The molecule has 4 rings (SSSR count). The molecule has 2 heterocycles. The molecule has 47 heavy (non-hydrogen) atoms. The van der Waals surface area contributed by atoms with Crippen molar-refractivity contribution in [1.82, 2.24) is 30.6 Å². The van der Waals surface area contributed by atoms with Gasteiger partial charge in [-0.25, -0.2) is 15.2 Å². The second-order valence-electron chi connectivity index (χ2n) is 12.3. The van der Waals surface area contributed by atoms with Crippen molar-refractivity contribution in [1.29, 1.82) is 0 Å². The monoisotopic (exact) mass is 644 g/mol. The third kappa shape index (κ3) is 9.58. The number of amides is 3. The fraction of sp³-hybridized carbons (Fsp3) is 0.429. The lowest BCUT2D eigenvalue weighted by atomic mass is 9.98. The quantitative estimate of drug-likeness (QED) is 0.179. The van der Waals surface area contributed by atoms with Crippen molar-refractivity contribution in [3.05, 3.63) is 72.6 Å². The van der Waals surface area contributed by atoms with E-state index in [9.17, 15) is 24.0 Å². The molecular weight excluding hydrogens is 600 g/mol. The zero-order valence-corrected chi connectivity index (χ0v) is 27.4. The van der Waals surface area contributed by atoms with Crippen molar-refractivity contribution in [3.8, 4) is 0 Å². The van der Waals surface area contributed by atoms with Crippen molar-refractivity contribution >= 4 is 46.2 Å². The molecule has 3 N–H and O–H groups in total. The molecule has 0 saturated carbocycles. The molecule has 0 spiro atoms. The first-order valence-electron chi connectivity index (χ1n) is 16.1. The summed E-state index contributed by atoms with van der Waals surface area (Å²) in [5.41, 5.74) is 5.83. The van der Waals surface area contributed by atoms with Crippen LogP contribution in [0.2, 0.25) is 0 Å². The summed E-state index contributed by atoms with van der Waals surface area (Å²) < 4.78 is 7.20. The molecule has 0 unspecified atom stereocenters. The van der Waals surface area contributed by atoms with Crippen LogP contribution in [0.15, 0.2) is 67.0 Å². The van der Waals surface area contributed by atoms with Crippen molar-refractivity contribution in [2.24, 2.45) is 11.8 Å². The van der Waals surface area contributed by atoms with Gasteiger partial charge in [-0.15, -0.1) is 0 Å². The van der Waals surface area contributed by atoms with Gasteiger partial charge in [-0.1, -0.05) is 70.2 Å². The Balaban J connectivity index is 1.39. The lowest BCUT2D eigenvalue weighted by Crippen LogP contribution is -2.61. The maximum atomic E-state index is 13.4. The number of ketones is 1. The number of aromatic nitrogens is 2. The van der Waals surface area contributed by atoms with Crippen LogP contribution in [0.3, 0.4) is 0 Å². The zero-order chi connectivity index (χ0) is 33.9. The number of nitrogens with one attached hydrogen (secondary N) is 3. The lowest BCUT2D eigenvalue weighted by molar-refractivity contribution is -0.148. The molecule has 3 aromatic rings. The number of benzene rings is 2. The Hall–Kier alpha value is -4.84. The van der Waals surface area contributed by atoms with Crippen LogP contribution in [0.1, 0.15) is 58.9 Å². The first kappa shape index (κ1) is 35.0. The minimum atomic E-state index is -0.945. The largest absolute Gasteiger partial charge is 0.454 e. The smallest absolute Gasteiger partial charge is 0.333 e. The van der Waals surface area contributed by atoms with Crippen LogP contribution in [0, 0.1) is 11.8 Å². The van der Waals surface area contributed by atoms with E-state index < -0.39 is 36.4 Å². The number of Topliss-reactive ketones (excluding diaryl/α,β-unsaturated/α-hetero) is 1. The van der Waals surface area contributed by atoms with Gasteiger partial charge in [-0.05, 0) is 42.4 Å². The summed E-state index contributed by atoms with van der Waals surface area (Å²) in [6.07, 6.45) is 4.41. The Morgan fingerprint density at radius 3 is 2.47 bits per heavy atom. The fourth-order valence-corrected chi connectivity index (χ4v) is 5.42. The number of carbonyl (C=O) groups is 5. The van der Waals surface area contributed by atoms with Crippen LogP contribution in [0.5, 0.6) is 0 Å². The first-order valence-corrected chi connectivity index (χ1v) is 16.1.